The van der Waals surface area contributed by atoms with E-state index < -0.39 is 0 Å². The summed E-state index contributed by atoms with van der Waals surface area (Å²) in [5.74, 6) is 0. The van der Waals surface area contributed by atoms with Crippen molar-refractivity contribution in [3.05, 3.63) is 91.0 Å². The van der Waals surface area contributed by atoms with Crippen LogP contribution in [0.15, 0.2) is 91.0 Å². The fraction of sp³-hybridized carbons (Fsp3) is 0.0345. The molecule has 2 heteroatoms. The Kier molecular flexibility index (Phi) is 2.62. The van der Waals surface area contributed by atoms with Crippen LogP contribution in [0.25, 0.3) is 70.7 Å². The Bertz CT molecular complexity index is 2000. The fourth-order valence-electron chi connectivity index (χ4n) is 5.91. The van der Waals surface area contributed by atoms with Gasteiger partial charge in [-0.3, -0.25) is 0 Å². The molecule has 0 saturated carbocycles. The molecule has 0 aliphatic rings. The molecular formula is C29H18N2. The third-order valence-electron chi connectivity index (χ3n) is 7.24. The van der Waals surface area contributed by atoms with Crippen molar-refractivity contribution in [3.8, 4) is 0 Å². The van der Waals surface area contributed by atoms with Crippen LogP contribution >= 0.6 is 0 Å². The number of hydrogen-bond donors (Lipinski definition) is 0. The molecule has 0 aliphatic carbocycles. The summed E-state index contributed by atoms with van der Waals surface area (Å²) in [6.45, 7) is 0. The van der Waals surface area contributed by atoms with Gasteiger partial charge in [-0.05, 0) is 41.1 Å². The molecule has 0 spiro atoms. The van der Waals surface area contributed by atoms with Gasteiger partial charge in [-0.2, -0.15) is 0 Å². The van der Waals surface area contributed by atoms with E-state index >= 15 is 0 Å². The summed E-state index contributed by atoms with van der Waals surface area (Å²) < 4.78 is 4.79. The van der Waals surface area contributed by atoms with Crippen molar-refractivity contribution >= 4 is 70.7 Å². The van der Waals surface area contributed by atoms with Crippen LogP contribution < -0.4 is 0 Å². The predicted molar refractivity (Wildman–Crippen MR) is 133 cm³/mol. The van der Waals surface area contributed by atoms with Gasteiger partial charge in [-0.25, -0.2) is 0 Å². The topological polar surface area (TPSA) is 9.34 Å². The standard InChI is InChI=1S/C29H18N2/c1-30-24-11-4-2-8-19(24)23-15-17-13-14-26-28(22(17)16-27(23)30)21-10-6-9-20-18-7-3-5-12-25(18)31(26)29(20)21/h2-16H,1H3. The Labute approximate surface area is 177 Å². The number of para-hydroxylation sites is 3. The molecule has 8 aromatic rings. The van der Waals surface area contributed by atoms with Crippen LogP contribution in [0, 0.1) is 0 Å². The van der Waals surface area contributed by atoms with Crippen molar-refractivity contribution in [2.24, 2.45) is 7.05 Å². The molecule has 3 aromatic heterocycles. The minimum absolute atomic E-state index is 1.28. The molecule has 144 valence electrons. The summed E-state index contributed by atoms with van der Waals surface area (Å²) in [7, 11) is 2.18. The van der Waals surface area contributed by atoms with E-state index in [1.54, 1.807) is 0 Å². The summed E-state index contributed by atoms with van der Waals surface area (Å²) in [5.41, 5.74) is 6.48. The predicted octanol–water partition coefficient (Wildman–Crippen LogP) is 7.63. The van der Waals surface area contributed by atoms with Gasteiger partial charge >= 0.3 is 0 Å². The molecule has 0 fully saturated rings. The normalized spacial score (nSPS) is 12.7. The summed E-state index contributed by atoms with van der Waals surface area (Å²) in [6.07, 6.45) is 0. The van der Waals surface area contributed by atoms with Crippen LogP contribution in [0.2, 0.25) is 0 Å². The number of nitrogens with zero attached hydrogens (tertiary/aromatic N) is 2. The molecule has 8 rings (SSSR count). The Hall–Kier alpha value is -4.04. The van der Waals surface area contributed by atoms with E-state index in [-0.39, 0.29) is 0 Å². The molecule has 5 aromatic carbocycles. The van der Waals surface area contributed by atoms with Crippen molar-refractivity contribution in [1.82, 2.24) is 8.97 Å². The van der Waals surface area contributed by atoms with E-state index in [0.29, 0.717) is 0 Å². The van der Waals surface area contributed by atoms with E-state index in [9.17, 15) is 0 Å². The largest absolute Gasteiger partial charge is 0.344 e. The maximum atomic E-state index is 2.46. The van der Waals surface area contributed by atoms with E-state index in [0.717, 1.165) is 0 Å². The molecular weight excluding hydrogens is 376 g/mol. The maximum absolute atomic E-state index is 2.46. The summed E-state index contributed by atoms with van der Waals surface area (Å²) in [6, 6.07) is 33.6. The highest BCUT2D eigenvalue weighted by atomic mass is 14.9. The highest BCUT2D eigenvalue weighted by Gasteiger charge is 2.19. The van der Waals surface area contributed by atoms with E-state index in [2.05, 4.69) is 107 Å². The Morgan fingerprint density at radius 2 is 1.19 bits per heavy atom. The molecule has 2 nitrogen and oxygen atoms in total. The van der Waals surface area contributed by atoms with Crippen molar-refractivity contribution in [1.29, 1.82) is 0 Å². The minimum Gasteiger partial charge on any atom is -0.344 e. The summed E-state index contributed by atoms with van der Waals surface area (Å²) in [4.78, 5) is 0. The number of hydrogen-bond acceptors (Lipinski definition) is 0. The first-order valence-electron chi connectivity index (χ1n) is 10.8. The average molecular weight is 394 g/mol. The molecule has 0 radical (unpaired) electrons. The van der Waals surface area contributed by atoms with Crippen LogP contribution in [0.3, 0.4) is 0 Å². The van der Waals surface area contributed by atoms with Crippen LogP contribution in [0.1, 0.15) is 0 Å². The molecule has 0 amide bonds. The average Bonchev–Trinajstić information content (AvgIpc) is 3.43. The van der Waals surface area contributed by atoms with Crippen LogP contribution in [-0.2, 0) is 7.05 Å². The molecule has 0 saturated heterocycles. The van der Waals surface area contributed by atoms with Crippen molar-refractivity contribution in [3.63, 3.8) is 0 Å². The zero-order chi connectivity index (χ0) is 20.3. The van der Waals surface area contributed by atoms with Crippen LogP contribution in [-0.4, -0.2) is 8.97 Å². The van der Waals surface area contributed by atoms with Crippen molar-refractivity contribution in [2.75, 3.05) is 0 Å². The van der Waals surface area contributed by atoms with E-state index in [1.807, 2.05) is 0 Å². The molecule has 0 N–H and O–H groups in total. The first kappa shape index (κ1) is 15.8. The van der Waals surface area contributed by atoms with Gasteiger partial charge in [0.2, 0.25) is 0 Å². The SMILES string of the molecule is Cn1c2ccccc2c2cc3ccc4c(c3cc21)c1cccc2c3ccccc3n4c21. The zero-order valence-corrected chi connectivity index (χ0v) is 17.1. The molecule has 0 atom stereocenters. The van der Waals surface area contributed by atoms with Gasteiger partial charge in [0.25, 0.3) is 0 Å². The highest BCUT2D eigenvalue weighted by molar-refractivity contribution is 6.30. The first-order chi connectivity index (χ1) is 15.3. The number of aromatic nitrogens is 2. The lowest BCUT2D eigenvalue weighted by Crippen LogP contribution is -1.86. The Balaban J connectivity index is 1.67. The van der Waals surface area contributed by atoms with Crippen LogP contribution in [0.5, 0.6) is 0 Å². The fourth-order valence-corrected chi connectivity index (χ4v) is 5.91. The Morgan fingerprint density at radius 1 is 0.484 bits per heavy atom. The molecule has 3 heterocycles. The van der Waals surface area contributed by atoms with Gasteiger partial charge < -0.3 is 8.97 Å². The lowest BCUT2D eigenvalue weighted by molar-refractivity contribution is 1.02. The van der Waals surface area contributed by atoms with E-state index in [1.165, 1.54) is 70.7 Å². The van der Waals surface area contributed by atoms with Crippen LogP contribution in [0.4, 0.5) is 0 Å². The monoisotopic (exact) mass is 394 g/mol. The number of aryl methyl sites for hydroxylation is 1. The summed E-state index contributed by atoms with van der Waals surface area (Å²) >= 11 is 0. The summed E-state index contributed by atoms with van der Waals surface area (Å²) in [5, 5.41) is 10.6. The van der Waals surface area contributed by atoms with Crippen molar-refractivity contribution < 1.29 is 0 Å². The number of fused-ring (bicyclic) bond motifs is 11. The zero-order valence-electron chi connectivity index (χ0n) is 17.1. The molecule has 31 heavy (non-hydrogen) atoms. The number of benzene rings is 5. The van der Waals surface area contributed by atoms with E-state index in [4.69, 9.17) is 0 Å². The third-order valence-corrected chi connectivity index (χ3v) is 7.24. The lowest BCUT2D eigenvalue weighted by atomic mass is 10.00. The quantitative estimate of drug-likeness (QED) is 0.250. The second kappa shape index (κ2) is 5.16. The molecule has 0 unspecified atom stereocenters. The minimum atomic E-state index is 1.28. The first-order valence-corrected chi connectivity index (χ1v) is 10.8. The Morgan fingerprint density at radius 3 is 2.06 bits per heavy atom. The van der Waals surface area contributed by atoms with Gasteiger partial charge in [0, 0.05) is 50.4 Å². The van der Waals surface area contributed by atoms with Gasteiger partial charge in [0.05, 0.1) is 16.6 Å². The second-order valence-electron chi connectivity index (χ2n) is 8.68. The van der Waals surface area contributed by atoms with Gasteiger partial charge in [-0.15, -0.1) is 0 Å². The second-order valence-corrected chi connectivity index (χ2v) is 8.68. The number of rotatable bonds is 0. The van der Waals surface area contributed by atoms with Gasteiger partial charge in [0.1, 0.15) is 0 Å². The van der Waals surface area contributed by atoms with Gasteiger partial charge in [-0.1, -0.05) is 60.7 Å². The highest BCUT2D eigenvalue weighted by Crippen LogP contribution is 2.42. The lowest BCUT2D eigenvalue weighted by Gasteiger charge is -2.05. The van der Waals surface area contributed by atoms with Gasteiger partial charge in [0.15, 0.2) is 0 Å². The van der Waals surface area contributed by atoms with Crippen molar-refractivity contribution in [2.45, 2.75) is 0 Å². The molecule has 0 bridgehead atoms. The third kappa shape index (κ3) is 1.72. The maximum Gasteiger partial charge on any atom is 0.0620 e. The molecule has 0 aliphatic heterocycles. The smallest absolute Gasteiger partial charge is 0.0620 e.